The zero-order valence-electron chi connectivity index (χ0n) is 16.2. The van der Waals surface area contributed by atoms with Crippen molar-refractivity contribution in [3.63, 3.8) is 0 Å². The van der Waals surface area contributed by atoms with Crippen LogP contribution in [0.25, 0.3) is 33.4 Å². The Hall–Kier alpha value is -3.98. The van der Waals surface area contributed by atoms with Gasteiger partial charge in [-0.2, -0.15) is 10.4 Å². The van der Waals surface area contributed by atoms with E-state index in [4.69, 9.17) is 5.26 Å². The Morgan fingerprint density at radius 3 is 2.59 bits per heavy atom. The summed E-state index contributed by atoms with van der Waals surface area (Å²) in [6, 6.07) is 19.5. The summed E-state index contributed by atoms with van der Waals surface area (Å²) in [7, 11) is 3.48. The van der Waals surface area contributed by atoms with Crippen LogP contribution in [0.15, 0.2) is 60.8 Å². The number of nitriles is 1. The first-order valence-electron chi connectivity index (χ1n) is 9.19. The predicted octanol–water partition coefficient (Wildman–Crippen LogP) is 4.06. The molecule has 0 bridgehead atoms. The minimum Gasteiger partial charge on any atom is -0.345 e. The second-order valence-corrected chi connectivity index (χ2v) is 7.01. The van der Waals surface area contributed by atoms with E-state index in [-0.39, 0.29) is 5.91 Å². The first-order chi connectivity index (χ1) is 14.1. The number of hydrogen-bond donors (Lipinski definition) is 1. The van der Waals surface area contributed by atoms with Gasteiger partial charge in [0, 0.05) is 42.4 Å². The minimum atomic E-state index is -0.0395. The highest BCUT2D eigenvalue weighted by molar-refractivity contribution is 5.96. The standard InChI is InChI=1S/C23H19N5O/c1-28(2)23(29)18-5-3-4-17(12-18)19-13-20-21(26-27-22(20)25-14-19)16-8-6-15(7-9-16)10-11-24/h3-9,12-14H,10H2,1-2H3,(H,25,26,27). The van der Waals surface area contributed by atoms with Crippen molar-refractivity contribution in [1.29, 1.82) is 5.26 Å². The predicted molar refractivity (Wildman–Crippen MR) is 112 cm³/mol. The van der Waals surface area contributed by atoms with Crippen LogP contribution in [0.2, 0.25) is 0 Å². The van der Waals surface area contributed by atoms with Gasteiger partial charge in [-0.3, -0.25) is 9.89 Å². The summed E-state index contributed by atoms with van der Waals surface area (Å²) in [5.41, 5.74) is 5.92. The lowest BCUT2D eigenvalue weighted by Crippen LogP contribution is -2.21. The molecule has 6 heteroatoms. The fourth-order valence-electron chi connectivity index (χ4n) is 3.25. The molecule has 0 saturated heterocycles. The molecular weight excluding hydrogens is 362 g/mol. The lowest BCUT2D eigenvalue weighted by atomic mass is 10.0. The van der Waals surface area contributed by atoms with Crippen LogP contribution >= 0.6 is 0 Å². The molecule has 1 amide bonds. The second kappa shape index (κ2) is 7.56. The molecule has 0 saturated carbocycles. The molecule has 0 unspecified atom stereocenters. The molecule has 1 N–H and O–H groups in total. The molecule has 0 spiro atoms. The fourth-order valence-corrected chi connectivity index (χ4v) is 3.25. The molecule has 2 aromatic heterocycles. The fraction of sp³-hybridized carbons (Fsp3) is 0.130. The number of aromatic nitrogens is 3. The zero-order valence-corrected chi connectivity index (χ0v) is 16.2. The first kappa shape index (κ1) is 18.4. The van der Waals surface area contributed by atoms with Gasteiger partial charge in [-0.05, 0) is 29.3 Å². The highest BCUT2D eigenvalue weighted by Gasteiger charge is 2.13. The number of rotatable bonds is 4. The van der Waals surface area contributed by atoms with Crippen molar-refractivity contribution in [3.05, 3.63) is 71.9 Å². The van der Waals surface area contributed by atoms with Crippen molar-refractivity contribution < 1.29 is 4.79 Å². The number of carbonyl (C=O) groups is 1. The van der Waals surface area contributed by atoms with Gasteiger partial charge in [0.05, 0.1) is 18.2 Å². The van der Waals surface area contributed by atoms with E-state index in [1.54, 1.807) is 25.2 Å². The summed E-state index contributed by atoms with van der Waals surface area (Å²) in [5, 5.41) is 17.1. The van der Waals surface area contributed by atoms with Crippen molar-refractivity contribution in [2.24, 2.45) is 0 Å². The summed E-state index contributed by atoms with van der Waals surface area (Å²) in [6.45, 7) is 0. The number of fused-ring (bicyclic) bond motifs is 1. The van der Waals surface area contributed by atoms with Crippen molar-refractivity contribution in [2.45, 2.75) is 6.42 Å². The maximum absolute atomic E-state index is 12.3. The van der Waals surface area contributed by atoms with Crippen LogP contribution in [0.5, 0.6) is 0 Å². The topological polar surface area (TPSA) is 85.7 Å². The lowest BCUT2D eigenvalue weighted by molar-refractivity contribution is 0.0827. The summed E-state index contributed by atoms with van der Waals surface area (Å²) >= 11 is 0. The van der Waals surface area contributed by atoms with E-state index in [1.807, 2.05) is 54.6 Å². The van der Waals surface area contributed by atoms with Crippen LogP contribution in [-0.2, 0) is 6.42 Å². The number of pyridine rings is 1. The van der Waals surface area contributed by atoms with E-state index in [9.17, 15) is 4.79 Å². The summed E-state index contributed by atoms with van der Waals surface area (Å²) < 4.78 is 0. The highest BCUT2D eigenvalue weighted by Crippen LogP contribution is 2.29. The average Bonchev–Trinajstić information content (AvgIpc) is 3.17. The zero-order chi connectivity index (χ0) is 20.4. The third-order valence-electron chi connectivity index (χ3n) is 4.78. The molecular formula is C23H19N5O. The Morgan fingerprint density at radius 1 is 1.07 bits per heavy atom. The molecule has 0 radical (unpaired) electrons. The Balaban J connectivity index is 1.75. The van der Waals surface area contributed by atoms with Gasteiger partial charge in [-0.15, -0.1) is 0 Å². The lowest BCUT2D eigenvalue weighted by Gasteiger charge is -2.11. The Kier molecular flexibility index (Phi) is 4.80. The number of amides is 1. The number of aromatic amines is 1. The molecule has 4 rings (SSSR count). The molecule has 6 nitrogen and oxygen atoms in total. The van der Waals surface area contributed by atoms with Crippen molar-refractivity contribution in [2.75, 3.05) is 14.1 Å². The van der Waals surface area contributed by atoms with Gasteiger partial charge in [-0.1, -0.05) is 36.4 Å². The summed E-state index contributed by atoms with van der Waals surface area (Å²) in [6.07, 6.45) is 2.15. The van der Waals surface area contributed by atoms with Gasteiger partial charge in [0.2, 0.25) is 0 Å². The minimum absolute atomic E-state index is 0.0395. The number of H-pyrrole nitrogens is 1. The first-order valence-corrected chi connectivity index (χ1v) is 9.19. The van der Waals surface area contributed by atoms with E-state index < -0.39 is 0 Å². The van der Waals surface area contributed by atoms with Gasteiger partial charge in [0.25, 0.3) is 5.91 Å². The van der Waals surface area contributed by atoms with E-state index in [0.717, 1.165) is 33.3 Å². The maximum Gasteiger partial charge on any atom is 0.253 e. The number of nitrogens with one attached hydrogen (secondary N) is 1. The summed E-state index contributed by atoms with van der Waals surface area (Å²) in [5.74, 6) is -0.0395. The van der Waals surface area contributed by atoms with Gasteiger partial charge >= 0.3 is 0 Å². The molecule has 0 aliphatic carbocycles. The van der Waals surface area contributed by atoms with Crippen molar-refractivity contribution >= 4 is 16.9 Å². The second-order valence-electron chi connectivity index (χ2n) is 7.01. The van der Waals surface area contributed by atoms with Crippen LogP contribution in [0, 0.1) is 11.3 Å². The van der Waals surface area contributed by atoms with Gasteiger partial charge in [0.15, 0.2) is 5.65 Å². The van der Waals surface area contributed by atoms with Gasteiger partial charge in [0.1, 0.15) is 0 Å². The molecule has 4 aromatic rings. The molecule has 2 heterocycles. The van der Waals surface area contributed by atoms with Crippen molar-refractivity contribution in [3.8, 4) is 28.5 Å². The van der Waals surface area contributed by atoms with Gasteiger partial charge in [-0.25, -0.2) is 4.98 Å². The SMILES string of the molecule is CN(C)C(=O)c1cccc(-c2cnc3n[nH]c(-c4ccc(CC#N)cc4)c3c2)c1. The third-order valence-corrected chi connectivity index (χ3v) is 4.78. The number of hydrogen-bond acceptors (Lipinski definition) is 4. The third kappa shape index (κ3) is 3.58. The summed E-state index contributed by atoms with van der Waals surface area (Å²) in [4.78, 5) is 18.3. The number of carbonyl (C=O) groups excluding carboxylic acids is 1. The maximum atomic E-state index is 12.3. The van der Waals surface area contributed by atoms with Gasteiger partial charge < -0.3 is 4.90 Å². The molecule has 0 aliphatic heterocycles. The quantitative estimate of drug-likeness (QED) is 0.578. The Bertz CT molecular complexity index is 1230. The normalized spacial score (nSPS) is 10.7. The van der Waals surface area contributed by atoms with Crippen LogP contribution < -0.4 is 0 Å². The smallest absolute Gasteiger partial charge is 0.253 e. The molecule has 0 atom stereocenters. The van der Waals surface area contributed by atoms with Crippen LogP contribution in [0.3, 0.4) is 0 Å². The monoisotopic (exact) mass is 381 g/mol. The number of benzene rings is 2. The molecule has 29 heavy (non-hydrogen) atoms. The van der Waals surface area contributed by atoms with Crippen LogP contribution in [0.1, 0.15) is 15.9 Å². The Morgan fingerprint density at radius 2 is 1.86 bits per heavy atom. The van der Waals surface area contributed by atoms with E-state index in [0.29, 0.717) is 17.6 Å². The van der Waals surface area contributed by atoms with Crippen LogP contribution in [0.4, 0.5) is 0 Å². The van der Waals surface area contributed by atoms with Crippen molar-refractivity contribution in [1.82, 2.24) is 20.1 Å². The molecule has 0 aliphatic rings. The molecule has 0 fully saturated rings. The van der Waals surface area contributed by atoms with E-state index in [1.165, 1.54) is 0 Å². The highest BCUT2D eigenvalue weighted by atomic mass is 16.2. The van der Waals surface area contributed by atoms with E-state index in [2.05, 4.69) is 21.3 Å². The average molecular weight is 381 g/mol. The largest absolute Gasteiger partial charge is 0.345 e. The van der Waals surface area contributed by atoms with E-state index >= 15 is 0 Å². The Labute approximate surface area is 168 Å². The number of nitrogens with zero attached hydrogens (tertiary/aromatic N) is 4. The van der Waals surface area contributed by atoms with Crippen LogP contribution in [-0.4, -0.2) is 40.1 Å². The molecule has 2 aromatic carbocycles. The molecule has 142 valence electrons.